The van der Waals surface area contributed by atoms with Gasteiger partial charge in [-0.3, -0.25) is 4.79 Å². The molecule has 142 valence electrons. The standard InChI is InChI=1S/C17H35NO4.H2S.H2/c1-4-6-9-18-17(19)15-22-14-13-21-12-11-20-10-7-8-16(3)5-2;;/h16H,4-15H2,1-3H3,(H,18,19);1H2;1H. The van der Waals surface area contributed by atoms with E-state index in [9.17, 15) is 4.79 Å². The molecular weight excluding hydrogens is 314 g/mol. The van der Waals surface area contributed by atoms with Gasteiger partial charge in [-0.2, -0.15) is 13.5 Å². The fraction of sp³-hybridized carbons (Fsp3) is 0.941. The molecule has 0 aromatic rings. The largest absolute Gasteiger partial charge is 0.379 e. The molecule has 0 spiro atoms. The van der Waals surface area contributed by atoms with Crippen LogP contribution in [-0.2, 0) is 19.0 Å². The van der Waals surface area contributed by atoms with Crippen LogP contribution in [0.3, 0.4) is 0 Å². The van der Waals surface area contributed by atoms with Gasteiger partial charge < -0.3 is 19.5 Å². The van der Waals surface area contributed by atoms with E-state index in [4.69, 9.17) is 14.2 Å². The van der Waals surface area contributed by atoms with E-state index >= 15 is 0 Å². The van der Waals surface area contributed by atoms with Gasteiger partial charge in [0.1, 0.15) is 6.61 Å². The van der Waals surface area contributed by atoms with E-state index in [2.05, 4.69) is 26.1 Å². The number of nitrogens with one attached hydrogen (secondary N) is 1. The van der Waals surface area contributed by atoms with Gasteiger partial charge in [0.05, 0.1) is 26.4 Å². The van der Waals surface area contributed by atoms with E-state index in [0.717, 1.165) is 38.3 Å². The molecule has 1 amide bonds. The summed E-state index contributed by atoms with van der Waals surface area (Å²) >= 11 is 0. The second-order valence-electron chi connectivity index (χ2n) is 5.64. The molecule has 1 N–H and O–H groups in total. The monoisotopic (exact) mass is 353 g/mol. The molecule has 6 heteroatoms. The Balaban J connectivity index is -0.00000220. The maximum Gasteiger partial charge on any atom is 0.245 e. The van der Waals surface area contributed by atoms with Crippen molar-refractivity contribution in [3.63, 3.8) is 0 Å². The molecule has 0 rings (SSSR count). The first kappa shape index (κ1) is 24.9. The van der Waals surface area contributed by atoms with Crippen LogP contribution in [0.2, 0.25) is 0 Å². The Bertz CT molecular complexity index is 261. The quantitative estimate of drug-likeness (QED) is 0.433. The minimum absolute atomic E-state index is 0. The van der Waals surface area contributed by atoms with E-state index in [-0.39, 0.29) is 27.4 Å². The van der Waals surface area contributed by atoms with Gasteiger partial charge >= 0.3 is 0 Å². The van der Waals surface area contributed by atoms with Crippen molar-refractivity contribution in [2.75, 3.05) is 46.2 Å². The summed E-state index contributed by atoms with van der Waals surface area (Å²) in [6, 6.07) is 0. The molecule has 0 aliphatic carbocycles. The normalized spacial score (nSPS) is 11.8. The first-order valence-corrected chi connectivity index (χ1v) is 8.70. The van der Waals surface area contributed by atoms with E-state index in [1.807, 2.05) is 0 Å². The first-order chi connectivity index (χ1) is 10.7. The van der Waals surface area contributed by atoms with E-state index in [1.165, 1.54) is 12.8 Å². The third kappa shape index (κ3) is 19.7. The topological polar surface area (TPSA) is 56.8 Å². The lowest BCUT2D eigenvalue weighted by molar-refractivity contribution is -0.126. The van der Waals surface area contributed by atoms with Crippen LogP contribution < -0.4 is 5.32 Å². The molecule has 0 aliphatic heterocycles. The first-order valence-electron chi connectivity index (χ1n) is 8.70. The predicted molar refractivity (Wildman–Crippen MR) is 102 cm³/mol. The van der Waals surface area contributed by atoms with Gasteiger partial charge in [-0.25, -0.2) is 0 Å². The highest BCUT2D eigenvalue weighted by molar-refractivity contribution is 7.59. The van der Waals surface area contributed by atoms with Gasteiger partial charge in [-0.1, -0.05) is 33.6 Å². The molecule has 0 radical (unpaired) electrons. The lowest BCUT2D eigenvalue weighted by atomic mass is 10.0. The summed E-state index contributed by atoms with van der Waals surface area (Å²) in [5.41, 5.74) is 0. The minimum Gasteiger partial charge on any atom is -0.379 e. The highest BCUT2D eigenvalue weighted by Crippen LogP contribution is 2.08. The van der Waals surface area contributed by atoms with Crippen molar-refractivity contribution in [1.82, 2.24) is 5.32 Å². The van der Waals surface area contributed by atoms with E-state index in [1.54, 1.807) is 0 Å². The van der Waals surface area contributed by atoms with Crippen LogP contribution in [0.1, 0.15) is 54.3 Å². The molecule has 1 atom stereocenters. The van der Waals surface area contributed by atoms with Crippen LogP contribution in [-0.4, -0.2) is 52.1 Å². The Morgan fingerprint density at radius 1 is 1.00 bits per heavy atom. The third-order valence-electron chi connectivity index (χ3n) is 3.51. The molecule has 0 bridgehead atoms. The van der Waals surface area contributed by atoms with Crippen molar-refractivity contribution in [3.8, 4) is 0 Å². The molecule has 23 heavy (non-hydrogen) atoms. The van der Waals surface area contributed by atoms with Crippen molar-refractivity contribution in [2.24, 2.45) is 5.92 Å². The van der Waals surface area contributed by atoms with E-state index < -0.39 is 0 Å². The number of hydrogen-bond acceptors (Lipinski definition) is 4. The molecule has 0 aliphatic rings. The van der Waals surface area contributed by atoms with Crippen LogP contribution in [0, 0.1) is 5.92 Å². The summed E-state index contributed by atoms with van der Waals surface area (Å²) in [6.07, 6.45) is 5.66. The van der Waals surface area contributed by atoms with Gasteiger partial charge in [0.15, 0.2) is 0 Å². The maximum atomic E-state index is 11.3. The Hall–Kier alpha value is -0.300. The molecule has 0 heterocycles. The van der Waals surface area contributed by atoms with Crippen molar-refractivity contribution in [1.29, 1.82) is 0 Å². The Labute approximate surface area is 150 Å². The summed E-state index contributed by atoms with van der Waals surface area (Å²) in [7, 11) is 0. The SMILES string of the molecule is CCCCNC(=O)COCCOCCOCCCC(C)CC.S.[HH]. The van der Waals surface area contributed by atoms with Crippen LogP contribution in [0.4, 0.5) is 0 Å². The highest BCUT2D eigenvalue weighted by atomic mass is 32.1. The molecule has 1 unspecified atom stereocenters. The summed E-state index contributed by atoms with van der Waals surface area (Å²) < 4.78 is 16.1. The fourth-order valence-corrected chi connectivity index (χ4v) is 1.80. The predicted octanol–water partition coefficient (Wildman–Crippen LogP) is 3.14. The molecule has 5 nitrogen and oxygen atoms in total. The summed E-state index contributed by atoms with van der Waals surface area (Å²) in [5, 5.41) is 2.80. The Morgan fingerprint density at radius 2 is 1.61 bits per heavy atom. The number of carbonyl (C=O) groups excluding carboxylic acids is 1. The van der Waals surface area contributed by atoms with Crippen molar-refractivity contribution >= 4 is 19.4 Å². The number of hydrogen-bond donors (Lipinski definition) is 1. The second kappa shape index (κ2) is 19.7. The van der Waals surface area contributed by atoms with Crippen LogP contribution in [0.5, 0.6) is 0 Å². The van der Waals surface area contributed by atoms with Crippen molar-refractivity contribution in [3.05, 3.63) is 0 Å². The van der Waals surface area contributed by atoms with Crippen LogP contribution >= 0.6 is 13.5 Å². The third-order valence-corrected chi connectivity index (χ3v) is 3.51. The minimum atomic E-state index is -0.0573. The lowest BCUT2D eigenvalue weighted by Gasteiger charge is -2.09. The average molecular weight is 354 g/mol. The maximum absolute atomic E-state index is 11.3. The fourth-order valence-electron chi connectivity index (χ4n) is 1.80. The Kier molecular flexibility index (Phi) is 21.4. The average Bonchev–Trinajstić information content (AvgIpc) is 2.52. The molecule has 0 aromatic heterocycles. The summed E-state index contributed by atoms with van der Waals surface area (Å²) in [6.45, 7) is 10.4. The molecule has 0 saturated heterocycles. The van der Waals surface area contributed by atoms with Gasteiger partial charge in [-0.05, 0) is 25.2 Å². The summed E-state index contributed by atoms with van der Waals surface area (Å²) in [4.78, 5) is 11.3. The zero-order valence-corrected chi connectivity index (χ0v) is 16.2. The number of unbranched alkanes of at least 4 members (excludes halogenated alkanes) is 1. The van der Waals surface area contributed by atoms with Crippen LogP contribution in [0.15, 0.2) is 0 Å². The number of amides is 1. The van der Waals surface area contributed by atoms with Crippen molar-refractivity contribution < 1.29 is 20.4 Å². The molecule has 0 aromatic carbocycles. The zero-order chi connectivity index (χ0) is 16.5. The highest BCUT2D eigenvalue weighted by Gasteiger charge is 2.00. The summed E-state index contributed by atoms with van der Waals surface area (Å²) in [5.74, 6) is 0.731. The second-order valence-corrected chi connectivity index (χ2v) is 5.64. The van der Waals surface area contributed by atoms with Gasteiger partial charge in [0, 0.05) is 14.6 Å². The molecule has 0 fully saturated rings. The zero-order valence-electron chi connectivity index (χ0n) is 15.2. The number of rotatable bonds is 16. The molecule has 0 saturated carbocycles. The lowest BCUT2D eigenvalue weighted by Crippen LogP contribution is -2.29. The van der Waals surface area contributed by atoms with Gasteiger partial charge in [-0.15, -0.1) is 0 Å². The Morgan fingerprint density at radius 3 is 2.22 bits per heavy atom. The number of ether oxygens (including phenoxy) is 3. The number of carbonyl (C=O) groups is 1. The van der Waals surface area contributed by atoms with Crippen LogP contribution in [0.25, 0.3) is 0 Å². The van der Waals surface area contributed by atoms with E-state index in [0.29, 0.717) is 26.4 Å². The van der Waals surface area contributed by atoms with Crippen molar-refractivity contribution in [2.45, 2.75) is 52.9 Å². The van der Waals surface area contributed by atoms with Gasteiger partial charge in [0.2, 0.25) is 5.91 Å². The van der Waals surface area contributed by atoms with Gasteiger partial charge in [0.25, 0.3) is 0 Å². The smallest absolute Gasteiger partial charge is 0.245 e. The molecular formula is C17H39NO4S.